The number of halogens is 1. The van der Waals surface area contributed by atoms with Gasteiger partial charge in [-0.2, -0.15) is 0 Å². The zero-order chi connectivity index (χ0) is 15.4. The summed E-state index contributed by atoms with van der Waals surface area (Å²) < 4.78 is 4.82. The van der Waals surface area contributed by atoms with Crippen molar-refractivity contribution in [2.75, 3.05) is 45.6 Å². The summed E-state index contributed by atoms with van der Waals surface area (Å²) in [6.45, 7) is 1.89. The highest BCUT2D eigenvalue weighted by Gasteiger charge is 2.26. The quantitative estimate of drug-likeness (QED) is 0.808. The number of anilines is 1. The standard InChI is InChI=1S/C13H17ClN4O3/c1-21-8-11(19)17-2-4-18(5-3-17)13(20)10-6-9(15)7-16-12(10)14/h6-7H,2-5,8,15H2,1H3. The Hall–Kier alpha value is -1.86. The molecule has 1 aromatic heterocycles. The fourth-order valence-electron chi connectivity index (χ4n) is 2.16. The second kappa shape index (κ2) is 6.73. The molecule has 2 amide bonds. The zero-order valence-electron chi connectivity index (χ0n) is 11.7. The Morgan fingerprint density at radius 3 is 2.57 bits per heavy atom. The molecule has 2 rings (SSSR count). The van der Waals surface area contributed by atoms with Gasteiger partial charge in [-0.3, -0.25) is 9.59 Å². The van der Waals surface area contributed by atoms with Gasteiger partial charge in [0.15, 0.2) is 0 Å². The van der Waals surface area contributed by atoms with E-state index in [2.05, 4.69) is 4.98 Å². The molecule has 21 heavy (non-hydrogen) atoms. The van der Waals surface area contributed by atoms with Crippen molar-refractivity contribution in [2.45, 2.75) is 0 Å². The lowest BCUT2D eigenvalue weighted by molar-refractivity contribution is -0.136. The van der Waals surface area contributed by atoms with Gasteiger partial charge < -0.3 is 20.3 Å². The van der Waals surface area contributed by atoms with Gasteiger partial charge in [0.05, 0.1) is 17.4 Å². The third kappa shape index (κ3) is 3.62. The van der Waals surface area contributed by atoms with E-state index in [0.717, 1.165) is 0 Å². The van der Waals surface area contributed by atoms with Crippen LogP contribution in [0.3, 0.4) is 0 Å². The van der Waals surface area contributed by atoms with Crippen molar-refractivity contribution < 1.29 is 14.3 Å². The molecule has 1 aromatic rings. The second-order valence-electron chi connectivity index (χ2n) is 4.71. The van der Waals surface area contributed by atoms with Crippen LogP contribution in [0.15, 0.2) is 12.3 Å². The van der Waals surface area contributed by atoms with E-state index in [-0.39, 0.29) is 29.1 Å². The first-order valence-electron chi connectivity index (χ1n) is 6.50. The highest BCUT2D eigenvalue weighted by Crippen LogP contribution is 2.18. The second-order valence-corrected chi connectivity index (χ2v) is 5.07. The number of carbonyl (C=O) groups is 2. The van der Waals surface area contributed by atoms with Crippen molar-refractivity contribution in [1.29, 1.82) is 0 Å². The van der Waals surface area contributed by atoms with Gasteiger partial charge in [-0.05, 0) is 6.07 Å². The zero-order valence-corrected chi connectivity index (χ0v) is 12.5. The molecule has 1 aliphatic rings. The van der Waals surface area contributed by atoms with Crippen molar-refractivity contribution >= 4 is 29.1 Å². The smallest absolute Gasteiger partial charge is 0.257 e. The maximum Gasteiger partial charge on any atom is 0.257 e. The van der Waals surface area contributed by atoms with Crippen LogP contribution in [0.4, 0.5) is 5.69 Å². The van der Waals surface area contributed by atoms with E-state index in [1.165, 1.54) is 19.4 Å². The molecule has 114 valence electrons. The van der Waals surface area contributed by atoms with Crippen LogP contribution in [0.1, 0.15) is 10.4 Å². The molecule has 7 nitrogen and oxygen atoms in total. The molecule has 0 unspecified atom stereocenters. The van der Waals surface area contributed by atoms with E-state index in [4.69, 9.17) is 22.1 Å². The summed E-state index contributed by atoms with van der Waals surface area (Å²) in [5.74, 6) is -0.299. The lowest BCUT2D eigenvalue weighted by Crippen LogP contribution is -2.51. The number of rotatable bonds is 3. The minimum atomic E-state index is -0.223. The Bertz CT molecular complexity index is 544. The third-order valence-electron chi connectivity index (χ3n) is 3.28. The van der Waals surface area contributed by atoms with Crippen LogP contribution in [-0.2, 0) is 9.53 Å². The molecule has 0 aromatic carbocycles. The number of nitrogen functional groups attached to an aromatic ring is 1. The molecule has 0 saturated carbocycles. The predicted molar refractivity (Wildman–Crippen MR) is 78.0 cm³/mol. The van der Waals surface area contributed by atoms with Gasteiger partial charge in [-0.25, -0.2) is 4.98 Å². The Balaban J connectivity index is 2.00. The molecule has 0 radical (unpaired) electrons. The van der Waals surface area contributed by atoms with Crippen molar-refractivity contribution in [2.24, 2.45) is 0 Å². The average molecular weight is 313 g/mol. The largest absolute Gasteiger partial charge is 0.397 e. The summed E-state index contributed by atoms with van der Waals surface area (Å²) in [5, 5.41) is 0.132. The van der Waals surface area contributed by atoms with E-state index >= 15 is 0 Å². The molecule has 1 saturated heterocycles. The van der Waals surface area contributed by atoms with Crippen molar-refractivity contribution in [3.05, 3.63) is 23.0 Å². The van der Waals surface area contributed by atoms with Crippen LogP contribution < -0.4 is 5.73 Å². The van der Waals surface area contributed by atoms with Crippen LogP contribution in [0.5, 0.6) is 0 Å². The first kappa shape index (κ1) is 15.5. The summed E-state index contributed by atoms with van der Waals surface area (Å²) >= 11 is 5.94. The van der Waals surface area contributed by atoms with Crippen LogP contribution in [-0.4, -0.2) is 66.5 Å². The van der Waals surface area contributed by atoms with Crippen molar-refractivity contribution in [3.8, 4) is 0 Å². The lowest BCUT2D eigenvalue weighted by Gasteiger charge is -2.34. The molecule has 0 spiro atoms. The monoisotopic (exact) mass is 312 g/mol. The van der Waals surface area contributed by atoms with Gasteiger partial charge in [0.2, 0.25) is 5.91 Å². The molecule has 0 aliphatic carbocycles. The Morgan fingerprint density at radius 1 is 1.33 bits per heavy atom. The summed E-state index contributed by atoms with van der Waals surface area (Å²) in [4.78, 5) is 31.3. The summed E-state index contributed by atoms with van der Waals surface area (Å²) in [7, 11) is 1.48. The molecule has 0 atom stereocenters. The number of piperazine rings is 1. The molecule has 2 N–H and O–H groups in total. The summed E-state index contributed by atoms with van der Waals surface area (Å²) in [5.41, 5.74) is 6.30. The lowest BCUT2D eigenvalue weighted by atomic mass is 10.2. The molecular weight excluding hydrogens is 296 g/mol. The van der Waals surface area contributed by atoms with Gasteiger partial charge in [-0.1, -0.05) is 11.6 Å². The third-order valence-corrected chi connectivity index (χ3v) is 3.58. The van der Waals surface area contributed by atoms with E-state index < -0.39 is 0 Å². The molecule has 8 heteroatoms. The molecule has 0 bridgehead atoms. The van der Waals surface area contributed by atoms with E-state index in [0.29, 0.717) is 31.9 Å². The van der Waals surface area contributed by atoms with Gasteiger partial charge in [-0.15, -0.1) is 0 Å². The van der Waals surface area contributed by atoms with Gasteiger partial charge in [0.1, 0.15) is 11.8 Å². The Morgan fingerprint density at radius 2 is 1.95 bits per heavy atom. The van der Waals surface area contributed by atoms with Crippen LogP contribution in [0, 0.1) is 0 Å². The van der Waals surface area contributed by atoms with E-state index in [1.54, 1.807) is 9.80 Å². The number of carbonyl (C=O) groups excluding carboxylic acids is 2. The number of aromatic nitrogens is 1. The van der Waals surface area contributed by atoms with Crippen molar-refractivity contribution in [1.82, 2.24) is 14.8 Å². The number of methoxy groups -OCH3 is 1. The number of nitrogens with two attached hydrogens (primary N) is 1. The highest BCUT2D eigenvalue weighted by atomic mass is 35.5. The van der Waals surface area contributed by atoms with Crippen LogP contribution in [0.2, 0.25) is 5.15 Å². The fraction of sp³-hybridized carbons (Fsp3) is 0.462. The normalized spacial score (nSPS) is 15.1. The first-order valence-corrected chi connectivity index (χ1v) is 6.87. The highest BCUT2D eigenvalue weighted by molar-refractivity contribution is 6.32. The summed E-state index contributed by atoms with van der Waals surface area (Å²) in [6.07, 6.45) is 1.40. The van der Waals surface area contributed by atoms with Crippen LogP contribution >= 0.6 is 11.6 Å². The SMILES string of the molecule is COCC(=O)N1CCN(C(=O)c2cc(N)cnc2Cl)CC1. The summed E-state index contributed by atoms with van der Waals surface area (Å²) in [6, 6.07) is 1.51. The van der Waals surface area contributed by atoms with Gasteiger partial charge >= 0.3 is 0 Å². The first-order chi connectivity index (χ1) is 10.0. The number of amides is 2. The Kier molecular flexibility index (Phi) is 4.98. The molecular formula is C13H17ClN4O3. The average Bonchev–Trinajstić information content (AvgIpc) is 2.49. The molecule has 2 heterocycles. The molecule has 1 fully saturated rings. The topological polar surface area (TPSA) is 88.8 Å². The number of nitrogens with zero attached hydrogens (tertiary/aromatic N) is 3. The van der Waals surface area contributed by atoms with E-state index in [9.17, 15) is 9.59 Å². The minimum absolute atomic E-state index is 0.0545. The van der Waals surface area contributed by atoms with Gasteiger partial charge in [0, 0.05) is 33.3 Å². The maximum absolute atomic E-state index is 12.4. The number of pyridine rings is 1. The predicted octanol–water partition coefficient (Wildman–Crippen LogP) is 0.248. The van der Waals surface area contributed by atoms with Crippen LogP contribution in [0.25, 0.3) is 0 Å². The maximum atomic E-state index is 12.4. The number of hydrogen-bond acceptors (Lipinski definition) is 5. The van der Waals surface area contributed by atoms with Gasteiger partial charge in [0.25, 0.3) is 5.91 Å². The van der Waals surface area contributed by atoms with E-state index in [1.807, 2.05) is 0 Å². The van der Waals surface area contributed by atoms with Crippen molar-refractivity contribution in [3.63, 3.8) is 0 Å². The Labute approximate surface area is 127 Å². The molecule has 1 aliphatic heterocycles. The number of hydrogen-bond donors (Lipinski definition) is 1. The fourth-order valence-corrected chi connectivity index (χ4v) is 2.34. The minimum Gasteiger partial charge on any atom is -0.397 e. The number of ether oxygens (including phenoxy) is 1.